The summed E-state index contributed by atoms with van der Waals surface area (Å²) in [6, 6.07) is 1.87. The van der Waals surface area contributed by atoms with Crippen LogP contribution in [0.4, 0.5) is 0 Å². The summed E-state index contributed by atoms with van der Waals surface area (Å²) < 4.78 is 6.67. The van der Waals surface area contributed by atoms with E-state index >= 15 is 0 Å². The Hall–Kier alpha value is -2.02. The van der Waals surface area contributed by atoms with E-state index in [2.05, 4.69) is 16.2 Å². The topological polar surface area (TPSA) is 43.9 Å². The Balaban J connectivity index is 2.15. The Labute approximate surface area is 81.5 Å². The zero-order valence-electron chi connectivity index (χ0n) is 7.77. The second kappa shape index (κ2) is 3.38. The van der Waals surface area contributed by atoms with Gasteiger partial charge in [-0.25, -0.2) is 0 Å². The Morgan fingerprint density at radius 3 is 3.07 bits per heavy atom. The van der Waals surface area contributed by atoms with Crippen molar-refractivity contribution in [1.82, 2.24) is 14.9 Å². The van der Waals surface area contributed by atoms with Crippen molar-refractivity contribution in [2.75, 3.05) is 0 Å². The van der Waals surface area contributed by atoms with Crippen molar-refractivity contribution >= 4 is 0 Å². The van der Waals surface area contributed by atoms with Crippen molar-refractivity contribution < 1.29 is 4.52 Å². The highest BCUT2D eigenvalue weighted by atomic mass is 16.5. The van der Waals surface area contributed by atoms with Gasteiger partial charge in [0.05, 0.1) is 18.3 Å². The molecule has 2 heterocycles. The lowest BCUT2D eigenvalue weighted by atomic mass is 10.4. The summed E-state index contributed by atoms with van der Waals surface area (Å²) in [5.41, 5.74) is 1.61. The van der Waals surface area contributed by atoms with E-state index in [0.29, 0.717) is 6.54 Å². The van der Waals surface area contributed by atoms with E-state index < -0.39 is 0 Å². The molecule has 2 aromatic heterocycles. The number of aromatic nitrogens is 3. The van der Waals surface area contributed by atoms with Crippen LogP contribution in [0.5, 0.6) is 0 Å². The quantitative estimate of drug-likeness (QED) is 0.664. The highest BCUT2D eigenvalue weighted by Gasteiger charge is 2.02. The van der Waals surface area contributed by atoms with Gasteiger partial charge in [-0.3, -0.25) is 4.68 Å². The predicted molar refractivity (Wildman–Crippen MR) is 50.5 cm³/mol. The highest BCUT2D eigenvalue weighted by Crippen LogP contribution is 2.04. The number of terminal acetylenes is 1. The number of hydrogen-bond donors (Lipinski definition) is 0. The van der Waals surface area contributed by atoms with E-state index in [9.17, 15) is 0 Å². The minimum absolute atomic E-state index is 0.582. The molecule has 70 valence electrons. The van der Waals surface area contributed by atoms with E-state index in [4.69, 9.17) is 10.9 Å². The number of aryl methyl sites for hydroxylation is 1. The first-order chi connectivity index (χ1) is 6.78. The van der Waals surface area contributed by atoms with Crippen LogP contribution in [0, 0.1) is 19.3 Å². The van der Waals surface area contributed by atoms with E-state index in [1.165, 1.54) is 0 Å². The molecule has 0 unspecified atom stereocenters. The second-order valence-corrected chi connectivity index (χ2v) is 3.00. The SMILES string of the molecule is C#Cc1cnn(Cc2cc(C)on2)c1. The Morgan fingerprint density at radius 1 is 1.64 bits per heavy atom. The molecule has 0 saturated carbocycles. The van der Waals surface area contributed by atoms with Crippen LogP contribution < -0.4 is 0 Å². The molecule has 4 heteroatoms. The van der Waals surface area contributed by atoms with Gasteiger partial charge in [-0.05, 0) is 6.92 Å². The lowest BCUT2D eigenvalue weighted by Crippen LogP contribution is -1.99. The molecule has 14 heavy (non-hydrogen) atoms. The van der Waals surface area contributed by atoms with Crippen LogP contribution in [0.15, 0.2) is 23.0 Å². The van der Waals surface area contributed by atoms with Crippen LogP contribution in [-0.2, 0) is 6.54 Å². The van der Waals surface area contributed by atoms with E-state index in [1.54, 1.807) is 17.1 Å². The molecular formula is C10H9N3O. The normalized spacial score (nSPS) is 10.0. The van der Waals surface area contributed by atoms with Gasteiger partial charge in [-0.1, -0.05) is 11.1 Å². The molecule has 0 radical (unpaired) electrons. The van der Waals surface area contributed by atoms with Gasteiger partial charge < -0.3 is 4.52 Å². The van der Waals surface area contributed by atoms with Crippen LogP contribution in [0.25, 0.3) is 0 Å². The van der Waals surface area contributed by atoms with Gasteiger partial charge in [0, 0.05) is 12.3 Å². The molecule has 0 aliphatic carbocycles. The summed E-state index contributed by atoms with van der Waals surface area (Å²) in [6.07, 6.45) is 8.66. The Morgan fingerprint density at radius 2 is 2.50 bits per heavy atom. The van der Waals surface area contributed by atoms with Crippen molar-refractivity contribution in [3.05, 3.63) is 35.5 Å². The summed E-state index contributed by atoms with van der Waals surface area (Å²) >= 11 is 0. The van der Waals surface area contributed by atoms with Crippen molar-refractivity contribution in [2.24, 2.45) is 0 Å². The van der Waals surface area contributed by atoms with E-state index in [0.717, 1.165) is 17.0 Å². The second-order valence-electron chi connectivity index (χ2n) is 3.00. The molecule has 0 bridgehead atoms. The zero-order chi connectivity index (χ0) is 9.97. The van der Waals surface area contributed by atoms with E-state index in [-0.39, 0.29) is 0 Å². The van der Waals surface area contributed by atoms with Gasteiger partial charge in [0.2, 0.25) is 0 Å². The summed E-state index contributed by atoms with van der Waals surface area (Å²) in [5.74, 6) is 3.31. The monoisotopic (exact) mass is 187 g/mol. The average Bonchev–Trinajstić information content (AvgIpc) is 2.76. The van der Waals surface area contributed by atoms with Crippen molar-refractivity contribution in [1.29, 1.82) is 0 Å². The third kappa shape index (κ3) is 1.67. The first-order valence-electron chi connectivity index (χ1n) is 4.19. The fourth-order valence-electron chi connectivity index (χ4n) is 1.18. The molecule has 0 atom stereocenters. The Kier molecular flexibility index (Phi) is 2.07. The third-order valence-electron chi connectivity index (χ3n) is 1.80. The highest BCUT2D eigenvalue weighted by molar-refractivity contribution is 5.26. The summed E-state index contributed by atoms with van der Waals surface area (Å²) in [6.45, 7) is 2.44. The maximum atomic E-state index is 5.22. The van der Waals surface area contributed by atoms with Gasteiger partial charge in [-0.15, -0.1) is 6.42 Å². The lowest BCUT2D eigenvalue weighted by Gasteiger charge is -1.94. The molecule has 0 amide bonds. The van der Waals surface area contributed by atoms with Gasteiger partial charge in [0.1, 0.15) is 11.5 Å². The van der Waals surface area contributed by atoms with Crippen LogP contribution in [0.1, 0.15) is 17.0 Å². The lowest BCUT2D eigenvalue weighted by molar-refractivity contribution is 0.387. The first kappa shape index (κ1) is 8.57. The molecule has 0 aliphatic rings. The first-order valence-corrected chi connectivity index (χ1v) is 4.19. The molecule has 2 rings (SSSR count). The molecule has 0 fully saturated rings. The Bertz CT molecular complexity index is 476. The van der Waals surface area contributed by atoms with Crippen molar-refractivity contribution in [3.8, 4) is 12.3 Å². The predicted octanol–water partition coefficient (Wildman–Crippen LogP) is 1.21. The zero-order valence-corrected chi connectivity index (χ0v) is 7.77. The molecule has 0 N–H and O–H groups in total. The maximum absolute atomic E-state index is 5.22. The van der Waals surface area contributed by atoms with Crippen LogP contribution in [-0.4, -0.2) is 14.9 Å². The minimum Gasteiger partial charge on any atom is -0.361 e. The standard InChI is InChI=1S/C10H9N3O/c1-3-9-5-11-13(6-9)7-10-4-8(2)14-12-10/h1,4-6H,7H2,2H3. The van der Waals surface area contributed by atoms with Gasteiger partial charge in [0.25, 0.3) is 0 Å². The summed E-state index contributed by atoms with van der Waals surface area (Å²) in [7, 11) is 0. The van der Waals surface area contributed by atoms with Crippen molar-refractivity contribution in [3.63, 3.8) is 0 Å². The molecule has 4 nitrogen and oxygen atoms in total. The number of rotatable bonds is 2. The maximum Gasteiger partial charge on any atom is 0.133 e. The van der Waals surface area contributed by atoms with Crippen LogP contribution >= 0.6 is 0 Å². The van der Waals surface area contributed by atoms with Crippen LogP contribution in [0.2, 0.25) is 0 Å². The molecule has 0 spiro atoms. The minimum atomic E-state index is 0.582. The molecule has 0 saturated heterocycles. The van der Waals surface area contributed by atoms with Crippen molar-refractivity contribution in [2.45, 2.75) is 13.5 Å². The fourth-order valence-corrected chi connectivity index (χ4v) is 1.18. The smallest absolute Gasteiger partial charge is 0.133 e. The molecule has 2 aromatic rings. The summed E-state index contributed by atoms with van der Waals surface area (Å²) in [4.78, 5) is 0. The van der Waals surface area contributed by atoms with Gasteiger partial charge in [-0.2, -0.15) is 5.10 Å². The van der Waals surface area contributed by atoms with E-state index in [1.807, 2.05) is 13.0 Å². The third-order valence-corrected chi connectivity index (χ3v) is 1.80. The summed E-state index contributed by atoms with van der Waals surface area (Å²) in [5, 5.41) is 7.94. The molecule has 0 aliphatic heterocycles. The molecule has 0 aromatic carbocycles. The van der Waals surface area contributed by atoms with Gasteiger partial charge >= 0.3 is 0 Å². The van der Waals surface area contributed by atoms with Gasteiger partial charge in [0.15, 0.2) is 0 Å². The number of hydrogen-bond acceptors (Lipinski definition) is 3. The molecular weight excluding hydrogens is 178 g/mol. The fraction of sp³-hybridized carbons (Fsp3) is 0.200. The largest absolute Gasteiger partial charge is 0.361 e. The average molecular weight is 187 g/mol. The number of nitrogens with zero attached hydrogens (tertiary/aromatic N) is 3. The van der Waals surface area contributed by atoms with Crippen LogP contribution in [0.3, 0.4) is 0 Å².